The lowest BCUT2D eigenvalue weighted by atomic mass is 10.0. The number of sulfonamides is 2. The van der Waals surface area contributed by atoms with E-state index in [9.17, 15) is 31.8 Å². The summed E-state index contributed by atoms with van der Waals surface area (Å²) < 4.78 is 55.3. The van der Waals surface area contributed by atoms with E-state index in [0.29, 0.717) is 19.5 Å². The number of carbonyl (C=O) groups is 1. The topological polar surface area (TPSA) is 144 Å². The van der Waals surface area contributed by atoms with Crippen molar-refractivity contribution in [2.24, 2.45) is 11.8 Å². The van der Waals surface area contributed by atoms with E-state index in [2.05, 4.69) is 5.32 Å². The van der Waals surface area contributed by atoms with Crippen LogP contribution in [-0.4, -0.2) is 79.5 Å². The molecule has 1 saturated heterocycles. The summed E-state index contributed by atoms with van der Waals surface area (Å²) in [5, 5.41) is 22.5. The molecule has 0 saturated carbocycles. The zero-order chi connectivity index (χ0) is 29.5. The molecule has 2 aromatic rings. The number of amides is 1. The molecule has 2 aromatic carbocycles. The number of nitrogens with one attached hydrogen (secondary N) is 1. The molecule has 0 spiro atoms. The highest BCUT2D eigenvalue weighted by atomic mass is 32.2. The first-order chi connectivity index (χ1) is 18.8. The first kappa shape index (κ1) is 31.9. The van der Waals surface area contributed by atoms with Gasteiger partial charge in [0.1, 0.15) is 0 Å². The van der Waals surface area contributed by atoms with E-state index in [-0.39, 0.29) is 36.1 Å². The molecule has 40 heavy (non-hydrogen) atoms. The third-order valence-corrected chi connectivity index (χ3v) is 10.9. The first-order valence-corrected chi connectivity index (χ1v) is 16.7. The van der Waals surface area contributed by atoms with Gasteiger partial charge in [-0.1, -0.05) is 51.1 Å². The van der Waals surface area contributed by atoms with Crippen LogP contribution in [0.3, 0.4) is 0 Å². The summed E-state index contributed by atoms with van der Waals surface area (Å²) in [5.41, 5.74) is 0.951. The van der Waals surface area contributed by atoms with Gasteiger partial charge in [0.2, 0.25) is 26.0 Å². The average molecular weight is 596 g/mol. The van der Waals surface area contributed by atoms with E-state index in [1.807, 2.05) is 44.2 Å². The molecule has 0 unspecified atom stereocenters. The van der Waals surface area contributed by atoms with Crippen molar-refractivity contribution in [3.8, 4) is 11.5 Å². The third kappa shape index (κ3) is 8.66. The van der Waals surface area contributed by atoms with Crippen molar-refractivity contribution in [2.75, 3.05) is 31.9 Å². The molecule has 3 rings (SSSR count). The van der Waals surface area contributed by atoms with Crippen LogP contribution in [-0.2, 0) is 31.3 Å². The van der Waals surface area contributed by atoms with Gasteiger partial charge in [-0.2, -0.15) is 4.31 Å². The zero-order valence-electron chi connectivity index (χ0n) is 23.4. The predicted octanol–water partition coefficient (Wildman–Crippen LogP) is 2.92. The van der Waals surface area contributed by atoms with E-state index in [0.717, 1.165) is 30.5 Å². The number of hydrogen-bond acceptors (Lipinski definition) is 7. The van der Waals surface area contributed by atoms with E-state index in [1.165, 1.54) is 14.7 Å². The summed E-state index contributed by atoms with van der Waals surface area (Å²) >= 11 is 0. The van der Waals surface area contributed by atoms with Crippen LogP contribution in [0.15, 0.2) is 53.4 Å². The maximum atomic E-state index is 13.5. The minimum Gasteiger partial charge on any atom is -0.504 e. The molecule has 2 atom stereocenters. The number of benzene rings is 2. The molecular weight excluding hydrogens is 554 g/mol. The largest absolute Gasteiger partial charge is 0.504 e. The summed E-state index contributed by atoms with van der Waals surface area (Å²) in [6, 6.07) is 12.4. The van der Waals surface area contributed by atoms with Gasteiger partial charge in [-0.25, -0.2) is 21.1 Å². The molecule has 1 fully saturated rings. The van der Waals surface area contributed by atoms with Crippen LogP contribution in [0.25, 0.3) is 0 Å². The van der Waals surface area contributed by atoms with Crippen molar-refractivity contribution >= 4 is 26.0 Å². The Kier molecular flexibility index (Phi) is 11.0. The highest BCUT2D eigenvalue weighted by molar-refractivity contribution is 7.89. The molecule has 0 radical (unpaired) electrons. The second kappa shape index (κ2) is 13.8. The second-order valence-corrected chi connectivity index (χ2v) is 14.8. The molecule has 0 aromatic heterocycles. The summed E-state index contributed by atoms with van der Waals surface area (Å²) in [4.78, 5) is 13.0. The summed E-state index contributed by atoms with van der Waals surface area (Å²) in [7, 11) is -7.57. The van der Waals surface area contributed by atoms with Crippen molar-refractivity contribution in [3.63, 3.8) is 0 Å². The van der Waals surface area contributed by atoms with Gasteiger partial charge in [0.25, 0.3) is 0 Å². The first-order valence-electron chi connectivity index (χ1n) is 13.6. The molecule has 3 N–H and O–H groups in total. The summed E-state index contributed by atoms with van der Waals surface area (Å²) in [5.74, 6) is -2.41. The Morgan fingerprint density at radius 3 is 2.23 bits per heavy atom. The normalized spacial score (nSPS) is 16.3. The molecule has 222 valence electrons. The van der Waals surface area contributed by atoms with Crippen LogP contribution in [0.2, 0.25) is 0 Å². The number of phenolic OH excluding ortho intramolecular Hbond substituents is 2. The summed E-state index contributed by atoms with van der Waals surface area (Å²) in [6.07, 6.45) is 2.35. The fraction of sp³-hybridized carbons (Fsp3) is 0.536. The van der Waals surface area contributed by atoms with Crippen LogP contribution in [0.4, 0.5) is 0 Å². The van der Waals surface area contributed by atoms with Gasteiger partial charge in [0.15, 0.2) is 11.5 Å². The standard InChI is InChI=1S/C28H41N3O7S2/c1-21(2)19-31(40(37,38)25-11-12-26(32)27(33)18-25)16-13-24(17-23-9-5-4-6-10-23)29-28(34)22(3)20-39(35,36)30-14-7-8-15-30/h4-6,9-12,18,21-22,24,32-33H,7-8,13-17,19-20H2,1-3H3,(H,29,34)/t22-,24-/m1/s1. The maximum absolute atomic E-state index is 13.5. The lowest BCUT2D eigenvalue weighted by molar-refractivity contribution is -0.124. The molecule has 1 heterocycles. The van der Waals surface area contributed by atoms with Gasteiger partial charge in [0, 0.05) is 38.3 Å². The SMILES string of the molecule is CC(C)CN(CC[C@H](Cc1ccccc1)NC(=O)[C@H](C)CS(=O)(=O)N1CCCC1)S(=O)(=O)c1ccc(O)c(O)c1. The Balaban J connectivity index is 1.78. The second-order valence-electron chi connectivity index (χ2n) is 10.9. The monoisotopic (exact) mass is 595 g/mol. The fourth-order valence-electron chi connectivity index (χ4n) is 4.76. The van der Waals surface area contributed by atoms with Gasteiger partial charge in [0.05, 0.1) is 16.6 Å². The molecule has 10 nitrogen and oxygen atoms in total. The molecule has 0 bridgehead atoms. The number of phenols is 2. The van der Waals surface area contributed by atoms with E-state index in [1.54, 1.807) is 6.92 Å². The Bertz CT molecular complexity index is 1340. The number of nitrogens with zero attached hydrogens (tertiary/aromatic N) is 2. The van der Waals surface area contributed by atoms with Crippen molar-refractivity contribution < 1.29 is 31.8 Å². The Morgan fingerprint density at radius 2 is 1.62 bits per heavy atom. The van der Waals surface area contributed by atoms with Crippen molar-refractivity contribution in [1.29, 1.82) is 0 Å². The number of carbonyl (C=O) groups excluding carboxylic acids is 1. The van der Waals surface area contributed by atoms with Crippen molar-refractivity contribution in [3.05, 3.63) is 54.1 Å². The van der Waals surface area contributed by atoms with Crippen molar-refractivity contribution in [2.45, 2.75) is 57.4 Å². The van der Waals surface area contributed by atoms with Gasteiger partial charge in [-0.3, -0.25) is 4.79 Å². The van der Waals surface area contributed by atoms with Gasteiger partial charge in [-0.15, -0.1) is 0 Å². The lowest BCUT2D eigenvalue weighted by Gasteiger charge is -2.28. The van der Waals surface area contributed by atoms with E-state index >= 15 is 0 Å². The van der Waals surface area contributed by atoms with Crippen LogP contribution in [0.5, 0.6) is 11.5 Å². The minimum absolute atomic E-state index is 0.00142. The number of hydrogen-bond donors (Lipinski definition) is 3. The molecule has 12 heteroatoms. The van der Waals surface area contributed by atoms with Crippen LogP contribution in [0, 0.1) is 11.8 Å². The predicted molar refractivity (Wildman–Crippen MR) is 154 cm³/mol. The maximum Gasteiger partial charge on any atom is 0.243 e. The van der Waals surface area contributed by atoms with Crippen molar-refractivity contribution in [1.82, 2.24) is 13.9 Å². The Morgan fingerprint density at radius 1 is 0.975 bits per heavy atom. The van der Waals surface area contributed by atoms with Crippen LogP contribution in [0.1, 0.15) is 45.6 Å². The molecular formula is C28H41N3O7S2. The minimum atomic E-state index is -4.02. The highest BCUT2D eigenvalue weighted by Crippen LogP contribution is 2.29. The van der Waals surface area contributed by atoms with Gasteiger partial charge < -0.3 is 15.5 Å². The Hall–Kier alpha value is -2.67. The highest BCUT2D eigenvalue weighted by Gasteiger charge is 2.31. The molecule has 1 amide bonds. The molecule has 1 aliphatic heterocycles. The van der Waals surface area contributed by atoms with E-state index < -0.39 is 49.4 Å². The Labute approximate surface area is 238 Å². The average Bonchev–Trinajstić information content (AvgIpc) is 3.44. The van der Waals surface area contributed by atoms with Crippen LogP contribution >= 0.6 is 0 Å². The zero-order valence-corrected chi connectivity index (χ0v) is 25.0. The van der Waals surface area contributed by atoms with Gasteiger partial charge >= 0.3 is 0 Å². The third-order valence-electron chi connectivity index (χ3n) is 6.92. The molecule has 1 aliphatic rings. The smallest absolute Gasteiger partial charge is 0.243 e. The van der Waals surface area contributed by atoms with Gasteiger partial charge in [-0.05, 0) is 49.3 Å². The lowest BCUT2D eigenvalue weighted by Crippen LogP contribution is -2.45. The molecule has 0 aliphatic carbocycles. The number of rotatable bonds is 14. The summed E-state index contributed by atoms with van der Waals surface area (Å²) in [6.45, 7) is 6.62. The van der Waals surface area contributed by atoms with E-state index in [4.69, 9.17) is 0 Å². The quantitative estimate of drug-likeness (QED) is 0.285. The number of aromatic hydroxyl groups is 2. The van der Waals surface area contributed by atoms with Crippen LogP contribution < -0.4 is 5.32 Å². The fourth-order valence-corrected chi connectivity index (χ4v) is 8.21.